The van der Waals surface area contributed by atoms with Crippen LogP contribution in [0.25, 0.3) is 11.3 Å². The minimum absolute atomic E-state index is 0.130. The first-order valence-electron chi connectivity index (χ1n) is 8.47. The van der Waals surface area contributed by atoms with E-state index in [1.165, 1.54) is 12.1 Å². The van der Waals surface area contributed by atoms with Crippen LogP contribution in [0.5, 0.6) is 0 Å². The molecule has 0 saturated carbocycles. The zero-order valence-corrected chi connectivity index (χ0v) is 14.7. The standard InChI is InChI=1S/C21H18FNO4/c1-2-26-20(24)13-14-4-3-5-17(12-14)23-21(25)19-11-10-18(27-19)15-6-8-16(22)9-7-15/h3-12H,2,13H2,1H3,(H,23,25). The summed E-state index contributed by atoms with van der Waals surface area (Å²) in [6.07, 6.45) is 0.132. The molecule has 1 aromatic heterocycles. The van der Waals surface area contributed by atoms with Crippen LogP contribution in [0.1, 0.15) is 23.0 Å². The molecule has 0 saturated heterocycles. The highest BCUT2D eigenvalue weighted by Crippen LogP contribution is 2.23. The predicted molar refractivity (Wildman–Crippen MR) is 98.8 cm³/mol. The van der Waals surface area contributed by atoms with Crippen molar-refractivity contribution in [3.05, 3.63) is 77.8 Å². The fraction of sp³-hybridized carbons (Fsp3) is 0.143. The number of nitrogens with one attached hydrogen (secondary N) is 1. The van der Waals surface area contributed by atoms with Gasteiger partial charge in [-0.15, -0.1) is 0 Å². The molecule has 1 N–H and O–H groups in total. The van der Waals surface area contributed by atoms with Gasteiger partial charge >= 0.3 is 5.97 Å². The molecule has 0 radical (unpaired) electrons. The number of benzene rings is 2. The van der Waals surface area contributed by atoms with Crippen LogP contribution in [-0.4, -0.2) is 18.5 Å². The third kappa shape index (κ3) is 4.82. The minimum atomic E-state index is -0.420. The Kier molecular flexibility index (Phi) is 5.66. The second-order valence-electron chi connectivity index (χ2n) is 5.81. The maximum Gasteiger partial charge on any atom is 0.310 e. The van der Waals surface area contributed by atoms with Gasteiger partial charge in [0.05, 0.1) is 13.0 Å². The molecule has 27 heavy (non-hydrogen) atoms. The number of hydrogen-bond donors (Lipinski definition) is 1. The van der Waals surface area contributed by atoms with Crippen molar-refractivity contribution in [3.8, 4) is 11.3 Å². The van der Waals surface area contributed by atoms with Gasteiger partial charge in [0.2, 0.25) is 0 Å². The van der Waals surface area contributed by atoms with Gasteiger partial charge in [0, 0.05) is 11.3 Å². The molecule has 6 heteroatoms. The number of rotatable bonds is 6. The summed E-state index contributed by atoms with van der Waals surface area (Å²) >= 11 is 0. The van der Waals surface area contributed by atoms with Crippen molar-refractivity contribution in [3.63, 3.8) is 0 Å². The number of amides is 1. The molecular weight excluding hydrogens is 349 g/mol. The lowest BCUT2D eigenvalue weighted by atomic mass is 10.1. The number of furan rings is 1. The van der Waals surface area contributed by atoms with E-state index in [-0.39, 0.29) is 24.0 Å². The summed E-state index contributed by atoms with van der Waals surface area (Å²) < 4.78 is 23.5. The zero-order valence-electron chi connectivity index (χ0n) is 14.7. The Morgan fingerprint density at radius 1 is 1.07 bits per heavy atom. The highest BCUT2D eigenvalue weighted by atomic mass is 19.1. The summed E-state index contributed by atoms with van der Waals surface area (Å²) in [6.45, 7) is 2.07. The predicted octanol–water partition coefficient (Wildman–Crippen LogP) is 4.44. The van der Waals surface area contributed by atoms with Gasteiger partial charge in [0.15, 0.2) is 5.76 Å². The van der Waals surface area contributed by atoms with E-state index in [2.05, 4.69) is 5.32 Å². The summed E-state index contributed by atoms with van der Waals surface area (Å²) in [5.41, 5.74) is 1.95. The Hall–Kier alpha value is -3.41. The van der Waals surface area contributed by atoms with Crippen LogP contribution in [0.2, 0.25) is 0 Å². The zero-order chi connectivity index (χ0) is 19.2. The van der Waals surface area contributed by atoms with Crippen molar-refractivity contribution >= 4 is 17.6 Å². The van der Waals surface area contributed by atoms with Gasteiger partial charge in [-0.25, -0.2) is 4.39 Å². The highest BCUT2D eigenvalue weighted by Gasteiger charge is 2.13. The summed E-state index contributed by atoms with van der Waals surface area (Å²) in [5, 5.41) is 2.73. The first-order valence-corrected chi connectivity index (χ1v) is 8.47. The summed E-state index contributed by atoms with van der Waals surface area (Å²) in [5.74, 6) is -0.486. The fourth-order valence-corrected chi connectivity index (χ4v) is 2.56. The lowest BCUT2D eigenvalue weighted by Gasteiger charge is -2.06. The van der Waals surface area contributed by atoms with E-state index < -0.39 is 5.91 Å². The SMILES string of the molecule is CCOC(=O)Cc1cccc(NC(=O)c2ccc(-c3ccc(F)cc3)o2)c1. The summed E-state index contributed by atoms with van der Waals surface area (Å²) in [4.78, 5) is 24.0. The number of esters is 1. The van der Waals surface area contributed by atoms with Crippen molar-refractivity contribution in [2.45, 2.75) is 13.3 Å². The molecule has 3 rings (SSSR count). The van der Waals surface area contributed by atoms with E-state index in [0.29, 0.717) is 23.6 Å². The van der Waals surface area contributed by atoms with Crippen molar-refractivity contribution < 1.29 is 23.1 Å². The lowest BCUT2D eigenvalue weighted by Crippen LogP contribution is -2.12. The van der Waals surface area contributed by atoms with Crippen LogP contribution in [0.15, 0.2) is 65.1 Å². The molecule has 0 aliphatic rings. The molecule has 138 valence electrons. The van der Waals surface area contributed by atoms with Crippen LogP contribution in [0, 0.1) is 5.82 Å². The Bertz CT molecular complexity index is 947. The van der Waals surface area contributed by atoms with Gasteiger partial charge in [0.1, 0.15) is 11.6 Å². The molecule has 0 unspecified atom stereocenters. The number of anilines is 1. The van der Waals surface area contributed by atoms with E-state index in [4.69, 9.17) is 9.15 Å². The van der Waals surface area contributed by atoms with Crippen molar-refractivity contribution in [1.82, 2.24) is 0 Å². The average Bonchev–Trinajstić information content (AvgIpc) is 3.13. The smallest absolute Gasteiger partial charge is 0.310 e. The van der Waals surface area contributed by atoms with Crippen LogP contribution < -0.4 is 5.32 Å². The fourth-order valence-electron chi connectivity index (χ4n) is 2.56. The summed E-state index contributed by atoms with van der Waals surface area (Å²) in [7, 11) is 0. The van der Waals surface area contributed by atoms with Crippen LogP contribution in [-0.2, 0) is 16.0 Å². The summed E-state index contributed by atoms with van der Waals surface area (Å²) in [6, 6.07) is 16.0. The molecule has 1 amide bonds. The van der Waals surface area contributed by atoms with Gasteiger partial charge in [-0.05, 0) is 61.0 Å². The topological polar surface area (TPSA) is 68.5 Å². The van der Waals surface area contributed by atoms with E-state index in [9.17, 15) is 14.0 Å². The Morgan fingerprint density at radius 3 is 2.59 bits per heavy atom. The second kappa shape index (κ2) is 8.31. The van der Waals surface area contributed by atoms with Gasteiger partial charge in [-0.1, -0.05) is 12.1 Å². The van der Waals surface area contributed by atoms with Gasteiger partial charge in [-0.2, -0.15) is 0 Å². The average molecular weight is 367 g/mol. The van der Waals surface area contributed by atoms with Crippen molar-refractivity contribution in [2.24, 2.45) is 0 Å². The molecule has 0 spiro atoms. The number of carbonyl (C=O) groups is 2. The van der Waals surface area contributed by atoms with E-state index in [0.717, 1.165) is 5.56 Å². The van der Waals surface area contributed by atoms with Crippen LogP contribution >= 0.6 is 0 Å². The molecule has 0 aliphatic heterocycles. The third-order valence-corrected chi connectivity index (χ3v) is 3.80. The van der Waals surface area contributed by atoms with Crippen molar-refractivity contribution in [2.75, 3.05) is 11.9 Å². The Morgan fingerprint density at radius 2 is 1.85 bits per heavy atom. The van der Waals surface area contributed by atoms with Gasteiger partial charge < -0.3 is 14.5 Å². The number of ether oxygens (including phenoxy) is 1. The third-order valence-electron chi connectivity index (χ3n) is 3.80. The van der Waals surface area contributed by atoms with Crippen molar-refractivity contribution in [1.29, 1.82) is 0 Å². The Labute approximate surface area is 155 Å². The lowest BCUT2D eigenvalue weighted by molar-refractivity contribution is -0.142. The molecule has 0 atom stereocenters. The van der Waals surface area contributed by atoms with Gasteiger partial charge in [0.25, 0.3) is 5.91 Å². The normalized spacial score (nSPS) is 10.4. The largest absolute Gasteiger partial charge is 0.466 e. The number of carbonyl (C=O) groups excluding carboxylic acids is 2. The number of hydrogen-bond acceptors (Lipinski definition) is 4. The molecule has 0 fully saturated rings. The van der Waals surface area contributed by atoms with Crippen LogP contribution in [0.4, 0.5) is 10.1 Å². The molecule has 2 aromatic carbocycles. The Balaban J connectivity index is 1.69. The van der Waals surface area contributed by atoms with E-state index in [1.54, 1.807) is 55.5 Å². The molecule has 0 aliphatic carbocycles. The maximum atomic E-state index is 13.0. The van der Waals surface area contributed by atoms with Crippen LogP contribution in [0.3, 0.4) is 0 Å². The molecular formula is C21H18FNO4. The van der Waals surface area contributed by atoms with Gasteiger partial charge in [-0.3, -0.25) is 9.59 Å². The minimum Gasteiger partial charge on any atom is -0.466 e. The number of halogens is 1. The maximum absolute atomic E-state index is 13.0. The molecule has 1 heterocycles. The van der Waals surface area contributed by atoms with E-state index >= 15 is 0 Å². The molecule has 3 aromatic rings. The monoisotopic (exact) mass is 367 g/mol. The quantitative estimate of drug-likeness (QED) is 0.654. The van der Waals surface area contributed by atoms with E-state index in [1.807, 2.05) is 0 Å². The molecule has 5 nitrogen and oxygen atoms in total. The first kappa shape index (κ1) is 18.4. The molecule has 0 bridgehead atoms. The first-order chi connectivity index (χ1) is 13.0. The highest BCUT2D eigenvalue weighted by molar-refractivity contribution is 6.02. The second-order valence-corrected chi connectivity index (χ2v) is 5.81.